The maximum absolute atomic E-state index is 11.0. The number of likely N-dealkylation sites (tertiary alicyclic amines) is 1. The predicted molar refractivity (Wildman–Crippen MR) is 81.8 cm³/mol. The molecule has 1 N–H and O–H groups in total. The van der Waals surface area contributed by atoms with Crippen LogP contribution in [0.2, 0.25) is 0 Å². The summed E-state index contributed by atoms with van der Waals surface area (Å²) in [6.07, 6.45) is 9.37. The van der Waals surface area contributed by atoms with E-state index < -0.39 is 5.97 Å². The van der Waals surface area contributed by atoms with Gasteiger partial charge in [0.2, 0.25) is 0 Å². The van der Waals surface area contributed by atoms with Gasteiger partial charge in [-0.25, -0.2) is 0 Å². The van der Waals surface area contributed by atoms with Crippen molar-refractivity contribution < 1.29 is 9.90 Å². The third kappa shape index (κ3) is 3.75. The van der Waals surface area contributed by atoms with Gasteiger partial charge in [-0.15, -0.1) is 0 Å². The first-order chi connectivity index (χ1) is 9.58. The van der Waals surface area contributed by atoms with Crippen molar-refractivity contribution in [3.05, 3.63) is 0 Å². The summed E-state index contributed by atoms with van der Waals surface area (Å²) in [4.78, 5) is 13.6. The van der Waals surface area contributed by atoms with Crippen molar-refractivity contribution in [3.63, 3.8) is 0 Å². The molecule has 1 saturated carbocycles. The van der Waals surface area contributed by atoms with Crippen molar-refractivity contribution in [2.24, 2.45) is 17.3 Å². The molecule has 116 valence electrons. The monoisotopic (exact) mass is 281 g/mol. The van der Waals surface area contributed by atoms with Crippen molar-refractivity contribution in [2.75, 3.05) is 19.6 Å². The van der Waals surface area contributed by atoms with Crippen LogP contribution in [0.25, 0.3) is 0 Å². The molecule has 0 spiro atoms. The lowest BCUT2D eigenvalue weighted by molar-refractivity contribution is -0.143. The second-order valence-electron chi connectivity index (χ2n) is 7.23. The van der Waals surface area contributed by atoms with E-state index in [9.17, 15) is 4.79 Å². The van der Waals surface area contributed by atoms with E-state index in [1.54, 1.807) is 0 Å². The molecule has 1 aliphatic carbocycles. The summed E-state index contributed by atoms with van der Waals surface area (Å²) < 4.78 is 0. The van der Waals surface area contributed by atoms with Crippen LogP contribution in [-0.4, -0.2) is 35.6 Å². The van der Waals surface area contributed by atoms with Crippen molar-refractivity contribution in [3.8, 4) is 0 Å². The second-order valence-corrected chi connectivity index (χ2v) is 7.23. The van der Waals surface area contributed by atoms with Crippen molar-refractivity contribution in [1.29, 1.82) is 0 Å². The van der Waals surface area contributed by atoms with Crippen LogP contribution in [0.3, 0.4) is 0 Å². The minimum absolute atomic E-state index is 0.0677. The molecule has 0 aromatic heterocycles. The fourth-order valence-corrected chi connectivity index (χ4v) is 4.49. The van der Waals surface area contributed by atoms with Crippen molar-refractivity contribution >= 4 is 5.97 Å². The quantitative estimate of drug-likeness (QED) is 0.772. The van der Waals surface area contributed by atoms with Gasteiger partial charge in [-0.1, -0.05) is 26.7 Å². The van der Waals surface area contributed by atoms with Crippen molar-refractivity contribution in [2.45, 2.75) is 65.2 Å². The Morgan fingerprint density at radius 1 is 1.10 bits per heavy atom. The van der Waals surface area contributed by atoms with Gasteiger partial charge in [-0.2, -0.15) is 0 Å². The van der Waals surface area contributed by atoms with Crippen LogP contribution in [0.15, 0.2) is 0 Å². The fourth-order valence-electron chi connectivity index (χ4n) is 4.49. The van der Waals surface area contributed by atoms with E-state index in [1.807, 2.05) is 0 Å². The molecule has 0 unspecified atom stereocenters. The Kier molecular flexibility index (Phi) is 5.48. The molecule has 2 aliphatic rings. The number of nitrogens with zero attached hydrogens (tertiary/aromatic N) is 1. The zero-order valence-electron chi connectivity index (χ0n) is 13.2. The maximum Gasteiger partial charge on any atom is 0.306 e. The standard InChI is InChI=1S/C17H31NO2/c1-3-9-17(10-4-2)12-18(13-17)11-14-5-7-15(8-6-14)16(19)20/h14-15H,3-13H2,1-2H3,(H,19,20). The largest absolute Gasteiger partial charge is 0.481 e. The Morgan fingerprint density at radius 3 is 2.10 bits per heavy atom. The zero-order valence-corrected chi connectivity index (χ0v) is 13.2. The second kappa shape index (κ2) is 6.93. The lowest BCUT2D eigenvalue weighted by Gasteiger charge is -2.52. The van der Waals surface area contributed by atoms with E-state index >= 15 is 0 Å². The molecule has 2 rings (SSSR count). The minimum Gasteiger partial charge on any atom is -0.481 e. The van der Waals surface area contributed by atoms with Gasteiger partial charge in [0.15, 0.2) is 0 Å². The molecule has 2 fully saturated rings. The number of hydrogen-bond acceptors (Lipinski definition) is 2. The van der Waals surface area contributed by atoms with E-state index in [-0.39, 0.29) is 5.92 Å². The van der Waals surface area contributed by atoms with E-state index in [2.05, 4.69) is 18.7 Å². The summed E-state index contributed by atoms with van der Waals surface area (Å²) in [6.45, 7) is 8.38. The molecular weight excluding hydrogens is 250 g/mol. The highest BCUT2D eigenvalue weighted by atomic mass is 16.4. The predicted octanol–water partition coefficient (Wildman–Crippen LogP) is 3.78. The Hall–Kier alpha value is -0.570. The van der Waals surface area contributed by atoms with Crippen LogP contribution in [0.5, 0.6) is 0 Å². The Morgan fingerprint density at radius 2 is 1.65 bits per heavy atom. The van der Waals surface area contributed by atoms with E-state index in [0.717, 1.165) is 31.6 Å². The summed E-state index contributed by atoms with van der Waals surface area (Å²) in [5.74, 6) is 0.0890. The first-order valence-corrected chi connectivity index (χ1v) is 8.53. The van der Waals surface area contributed by atoms with Gasteiger partial charge in [-0.3, -0.25) is 4.79 Å². The maximum atomic E-state index is 11.0. The molecule has 0 bridgehead atoms. The lowest BCUT2D eigenvalue weighted by Crippen LogP contribution is -2.57. The number of aliphatic carboxylic acids is 1. The van der Waals surface area contributed by atoms with Gasteiger partial charge in [0.05, 0.1) is 5.92 Å². The SMILES string of the molecule is CCCC1(CCC)CN(CC2CCC(C(=O)O)CC2)C1. The third-order valence-electron chi connectivity index (χ3n) is 5.39. The van der Waals surface area contributed by atoms with Gasteiger partial charge >= 0.3 is 5.97 Å². The molecule has 3 heteroatoms. The van der Waals surface area contributed by atoms with Gasteiger partial charge in [0.25, 0.3) is 0 Å². The van der Waals surface area contributed by atoms with Gasteiger partial charge < -0.3 is 10.0 Å². The van der Waals surface area contributed by atoms with Crippen molar-refractivity contribution in [1.82, 2.24) is 4.90 Å². The average molecular weight is 281 g/mol. The summed E-state index contributed by atoms with van der Waals surface area (Å²) in [5.41, 5.74) is 0.613. The summed E-state index contributed by atoms with van der Waals surface area (Å²) in [7, 11) is 0. The van der Waals surface area contributed by atoms with Crippen LogP contribution in [-0.2, 0) is 4.79 Å². The highest BCUT2D eigenvalue weighted by molar-refractivity contribution is 5.69. The Balaban J connectivity index is 1.71. The molecule has 0 aromatic rings. The number of rotatable bonds is 7. The van der Waals surface area contributed by atoms with E-state index in [0.29, 0.717) is 5.41 Å². The zero-order chi connectivity index (χ0) is 14.6. The number of hydrogen-bond donors (Lipinski definition) is 1. The summed E-state index contributed by atoms with van der Waals surface area (Å²) >= 11 is 0. The van der Waals surface area contributed by atoms with Gasteiger partial charge in [-0.05, 0) is 49.9 Å². The summed E-state index contributed by atoms with van der Waals surface area (Å²) in [5, 5.41) is 9.04. The number of carboxylic acids is 1. The minimum atomic E-state index is -0.586. The molecule has 0 amide bonds. The highest BCUT2D eigenvalue weighted by Gasteiger charge is 2.41. The number of carboxylic acid groups (broad SMARTS) is 1. The van der Waals surface area contributed by atoms with E-state index in [4.69, 9.17) is 5.11 Å². The first kappa shape index (κ1) is 15.8. The fraction of sp³-hybridized carbons (Fsp3) is 0.941. The third-order valence-corrected chi connectivity index (χ3v) is 5.39. The molecule has 1 aliphatic heterocycles. The molecule has 0 radical (unpaired) electrons. The normalized spacial score (nSPS) is 29.9. The van der Waals surface area contributed by atoms with Crippen LogP contribution < -0.4 is 0 Å². The molecule has 0 atom stereocenters. The Labute approximate surface area is 123 Å². The van der Waals surface area contributed by atoms with Crippen LogP contribution in [0.1, 0.15) is 65.2 Å². The first-order valence-electron chi connectivity index (χ1n) is 8.53. The van der Waals surface area contributed by atoms with Crippen LogP contribution in [0, 0.1) is 17.3 Å². The molecule has 1 saturated heterocycles. The molecular formula is C17H31NO2. The van der Waals surface area contributed by atoms with Gasteiger partial charge in [0.1, 0.15) is 0 Å². The van der Waals surface area contributed by atoms with Gasteiger partial charge in [0, 0.05) is 19.6 Å². The summed E-state index contributed by atoms with van der Waals surface area (Å²) in [6, 6.07) is 0. The lowest BCUT2D eigenvalue weighted by atomic mass is 9.72. The topological polar surface area (TPSA) is 40.5 Å². The highest BCUT2D eigenvalue weighted by Crippen LogP contribution is 2.41. The molecule has 0 aromatic carbocycles. The molecule has 20 heavy (non-hydrogen) atoms. The average Bonchev–Trinajstić information content (AvgIpc) is 2.38. The smallest absolute Gasteiger partial charge is 0.306 e. The Bertz CT molecular complexity index is 307. The number of carbonyl (C=O) groups is 1. The van der Waals surface area contributed by atoms with E-state index in [1.165, 1.54) is 45.3 Å². The van der Waals surface area contributed by atoms with Crippen LogP contribution >= 0.6 is 0 Å². The van der Waals surface area contributed by atoms with Crippen LogP contribution in [0.4, 0.5) is 0 Å². The molecule has 3 nitrogen and oxygen atoms in total. The molecule has 1 heterocycles.